The van der Waals surface area contributed by atoms with E-state index >= 15 is 0 Å². The van der Waals surface area contributed by atoms with Crippen LogP contribution in [0.3, 0.4) is 0 Å². The predicted octanol–water partition coefficient (Wildman–Crippen LogP) is -0.0609. The van der Waals surface area contributed by atoms with Crippen LogP contribution in [0.2, 0.25) is 0 Å². The van der Waals surface area contributed by atoms with Crippen molar-refractivity contribution < 1.29 is 0 Å². The van der Waals surface area contributed by atoms with Crippen molar-refractivity contribution in [2.24, 2.45) is 5.73 Å². The Morgan fingerprint density at radius 1 is 1.33 bits per heavy atom. The molecule has 0 bridgehead atoms. The number of hydrogen-bond acceptors (Lipinski definition) is 1. The number of nitrogens with two attached hydrogens (primary N) is 1. The fourth-order valence-electron chi connectivity index (χ4n) is 0.698. The molecule has 0 aliphatic carbocycles. The first kappa shape index (κ1) is 7.09. The van der Waals surface area contributed by atoms with Gasteiger partial charge in [0, 0.05) is 0 Å². The van der Waals surface area contributed by atoms with E-state index in [2.05, 4.69) is 12.1 Å². The molecule has 1 nitrogen and oxygen atoms in total. The molecule has 0 radical (unpaired) electrons. The molecular formula is C7H8NSn+3. The maximum absolute atomic E-state index is 5.47. The molecule has 0 saturated heterocycles. The third kappa shape index (κ3) is 1.69. The van der Waals surface area contributed by atoms with Gasteiger partial charge in [0.2, 0.25) is 0 Å². The van der Waals surface area contributed by atoms with Crippen LogP contribution in [0, 0.1) is 0 Å². The van der Waals surface area contributed by atoms with Gasteiger partial charge in [0.05, 0.1) is 0 Å². The van der Waals surface area contributed by atoms with Crippen molar-refractivity contribution in [2.45, 2.75) is 6.54 Å². The predicted molar refractivity (Wildman–Crippen MR) is 39.7 cm³/mol. The minimum absolute atomic E-state index is 0.668. The first-order chi connectivity index (χ1) is 4.34. The summed E-state index contributed by atoms with van der Waals surface area (Å²) in [5.74, 6) is 0. The van der Waals surface area contributed by atoms with Crippen LogP contribution in [-0.2, 0) is 6.54 Å². The second kappa shape index (κ2) is 3.22. The summed E-state index contributed by atoms with van der Waals surface area (Å²) in [7, 11) is 0. The van der Waals surface area contributed by atoms with Crippen molar-refractivity contribution in [3.63, 3.8) is 0 Å². The van der Waals surface area contributed by atoms with Crippen molar-refractivity contribution >= 4 is 26.1 Å². The van der Waals surface area contributed by atoms with E-state index < -0.39 is 0 Å². The van der Waals surface area contributed by atoms with Crippen molar-refractivity contribution in [1.82, 2.24) is 0 Å². The topological polar surface area (TPSA) is 26.0 Å². The van der Waals surface area contributed by atoms with Crippen LogP contribution in [0.4, 0.5) is 0 Å². The monoisotopic (exact) mass is 226 g/mol. The first-order valence-corrected chi connectivity index (χ1v) is 4.27. The second-order valence-corrected chi connectivity index (χ2v) is 3.40. The van der Waals surface area contributed by atoms with Crippen LogP contribution in [0.25, 0.3) is 0 Å². The summed E-state index contributed by atoms with van der Waals surface area (Å²) in [6.07, 6.45) is 0. The van der Waals surface area contributed by atoms with Crippen LogP contribution in [0.5, 0.6) is 0 Å². The van der Waals surface area contributed by atoms with Crippen LogP contribution in [0.1, 0.15) is 5.56 Å². The molecular weight excluding hydrogens is 217 g/mol. The molecule has 0 saturated carbocycles. The van der Waals surface area contributed by atoms with Crippen molar-refractivity contribution in [1.29, 1.82) is 0 Å². The van der Waals surface area contributed by atoms with E-state index in [1.165, 1.54) is 31.7 Å². The third-order valence-corrected chi connectivity index (χ3v) is 2.63. The van der Waals surface area contributed by atoms with Crippen LogP contribution < -0.4 is 9.31 Å². The normalized spacial score (nSPS) is 9.67. The SMILES string of the molecule is NCc1cccc[c]1[Sn+3]. The summed E-state index contributed by atoms with van der Waals surface area (Å²) in [4.78, 5) is 0. The second-order valence-electron chi connectivity index (χ2n) is 1.86. The number of hydrogen-bond donors (Lipinski definition) is 1. The Kier molecular flexibility index (Phi) is 2.54. The first-order valence-electron chi connectivity index (χ1n) is 2.84. The molecule has 0 fully saturated rings. The number of benzene rings is 1. The Hall–Kier alpha value is -0.0213. The summed E-state index contributed by atoms with van der Waals surface area (Å²) in [5, 5.41) is 0. The van der Waals surface area contributed by atoms with Gasteiger partial charge in [-0.25, -0.2) is 0 Å². The van der Waals surface area contributed by atoms with E-state index in [0.717, 1.165) is 0 Å². The Morgan fingerprint density at radius 3 is 2.44 bits per heavy atom. The molecule has 2 N–H and O–H groups in total. The molecule has 0 amide bonds. The van der Waals surface area contributed by atoms with Gasteiger partial charge < -0.3 is 0 Å². The van der Waals surface area contributed by atoms with E-state index in [4.69, 9.17) is 5.73 Å². The molecule has 0 unspecified atom stereocenters. The van der Waals surface area contributed by atoms with Crippen molar-refractivity contribution in [2.75, 3.05) is 0 Å². The molecule has 42 valence electrons. The maximum atomic E-state index is 5.47. The quantitative estimate of drug-likeness (QED) is 0.665. The molecule has 1 aromatic carbocycles. The average molecular weight is 225 g/mol. The summed E-state index contributed by atoms with van der Waals surface area (Å²) < 4.78 is 1.37. The van der Waals surface area contributed by atoms with Gasteiger partial charge >= 0.3 is 68.2 Å². The van der Waals surface area contributed by atoms with Gasteiger partial charge in [-0.1, -0.05) is 0 Å². The van der Waals surface area contributed by atoms with E-state index in [-0.39, 0.29) is 0 Å². The number of rotatable bonds is 1. The van der Waals surface area contributed by atoms with Crippen molar-refractivity contribution in [3.05, 3.63) is 29.8 Å². The summed E-state index contributed by atoms with van der Waals surface area (Å²) in [5.41, 5.74) is 6.74. The Labute approximate surface area is 68.3 Å². The van der Waals surface area contributed by atoms with Gasteiger partial charge in [0.15, 0.2) is 0 Å². The van der Waals surface area contributed by atoms with Gasteiger partial charge in [0.25, 0.3) is 0 Å². The molecule has 1 aromatic rings. The minimum atomic E-state index is 0.668. The van der Waals surface area contributed by atoms with Gasteiger partial charge in [-0.15, -0.1) is 0 Å². The van der Waals surface area contributed by atoms with Crippen LogP contribution in [-0.4, -0.2) is 22.5 Å². The zero-order valence-corrected chi connectivity index (χ0v) is 7.95. The Morgan fingerprint density at radius 2 is 2.00 bits per heavy atom. The molecule has 0 aromatic heterocycles. The third-order valence-electron chi connectivity index (χ3n) is 1.24. The molecule has 0 aliphatic rings. The van der Waals surface area contributed by atoms with Gasteiger partial charge in [-0.05, 0) is 0 Å². The zero-order chi connectivity index (χ0) is 6.69. The molecule has 0 spiro atoms. The Balaban J connectivity index is 3.01. The van der Waals surface area contributed by atoms with E-state index in [0.29, 0.717) is 6.54 Å². The molecule has 1 rings (SSSR count). The standard InChI is InChI=1S/C7H8N.Sn/c8-6-7-4-2-1-3-5-7;/h1-4H,6,8H2;/q;+3. The summed E-state index contributed by atoms with van der Waals surface area (Å²) in [6.45, 7) is 0.668. The fraction of sp³-hybridized carbons (Fsp3) is 0.143. The molecule has 0 atom stereocenters. The summed E-state index contributed by atoms with van der Waals surface area (Å²) >= 11 is 1.45. The molecule has 0 aliphatic heterocycles. The Bertz CT molecular complexity index is 198. The van der Waals surface area contributed by atoms with Gasteiger partial charge in [-0.2, -0.15) is 0 Å². The van der Waals surface area contributed by atoms with Gasteiger partial charge in [-0.3, -0.25) is 0 Å². The summed E-state index contributed by atoms with van der Waals surface area (Å²) in [6, 6.07) is 8.25. The van der Waals surface area contributed by atoms with Crippen LogP contribution >= 0.6 is 0 Å². The molecule has 2 heteroatoms. The fourth-order valence-corrected chi connectivity index (χ4v) is 1.50. The molecule has 0 heterocycles. The van der Waals surface area contributed by atoms with E-state index in [9.17, 15) is 0 Å². The van der Waals surface area contributed by atoms with E-state index in [1.54, 1.807) is 0 Å². The zero-order valence-electron chi connectivity index (χ0n) is 5.09. The van der Waals surface area contributed by atoms with E-state index in [1.807, 2.05) is 12.1 Å². The van der Waals surface area contributed by atoms with Crippen molar-refractivity contribution in [3.8, 4) is 0 Å². The average Bonchev–Trinajstić information content (AvgIpc) is 1.89. The molecule has 9 heavy (non-hydrogen) atoms. The van der Waals surface area contributed by atoms with Gasteiger partial charge in [0.1, 0.15) is 0 Å². The van der Waals surface area contributed by atoms with Crippen LogP contribution in [0.15, 0.2) is 24.3 Å².